The van der Waals surface area contributed by atoms with Gasteiger partial charge in [0.05, 0.1) is 0 Å². The third-order valence-corrected chi connectivity index (χ3v) is 7.94. The summed E-state index contributed by atoms with van der Waals surface area (Å²) in [6.07, 6.45) is 18.4. The molecule has 0 aromatic heterocycles. The first kappa shape index (κ1) is 26.9. The van der Waals surface area contributed by atoms with Crippen molar-refractivity contribution in [1.82, 2.24) is 0 Å². The maximum Gasteiger partial charge on any atom is 0.128 e. The molecule has 2 aromatic rings. The number of unbranched alkanes of at least 4 members (excludes halogenated alkanes) is 6. The molecule has 1 aliphatic carbocycles. The van der Waals surface area contributed by atoms with Crippen molar-refractivity contribution in [3.05, 3.63) is 58.1 Å². The van der Waals surface area contributed by atoms with Crippen molar-refractivity contribution in [2.45, 2.75) is 103 Å². The van der Waals surface area contributed by atoms with Gasteiger partial charge < -0.3 is 0 Å². The van der Waals surface area contributed by atoms with Crippen LogP contribution >= 0.6 is 15.9 Å². The Bertz CT molecular complexity index is 872. The third-order valence-electron chi connectivity index (χ3n) is 6.58. The molecule has 0 bridgehead atoms. The molecule has 0 aliphatic heterocycles. The molecule has 32 heavy (non-hydrogen) atoms. The van der Waals surface area contributed by atoms with Crippen molar-refractivity contribution in [2.24, 2.45) is 0 Å². The summed E-state index contributed by atoms with van der Waals surface area (Å²) in [6, 6.07) is 16.1. The minimum Gasteiger partial charge on any atom is -0.135 e. The fourth-order valence-electron chi connectivity index (χ4n) is 4.80. The number of halogens is 1. The lowest BCUT2D eigenvalue weighted by molar-refractivity contribution is 0.401. The lowest BCUT2D eigenvalue weighted by atomic mass is 9.70. The second-order valence-electron chi connectivity index (χ2n) is 10.3. The summed E-state index contributed by atoms with van der Waals surface area (Å²) in [4.78, 5) is 0. The summed E-state index contributed by atoms with van der Waals surface area (Å²) in [5.41, 5.74) is 9.06. The van der Waals surface area contributed by atoms with Crippen LogP contribution in [0.1, 0.15) is 89.2 Å². The van der Waals surface area contributed by atoms with Gasteiger partial charge in [-0.15, -0.1) is 12.0 Å². The summed E-state index contributed by atoms with van der Waals surface area (Å²) < 4.78 is 1.22. The van der Waals surface area contributed by atoms with E-state index in [1.54, 1.807) is 11.1 Å². The van der Waals surface area contributed by atoms with Crippen LogP contribution in [0.3, 0.4) is 0 Å². The van der Waals surface area contributed by atoms with Gasteiger partial charge in [-0.1, -0.05) is 131 Å². The molecule has 0 radical (unpaired) electrons. The summed E-state index contributed by atoms with van der Waals surface area (Å²) in [5.74, 6) is 0. The topological polar surface area (TPSA) is 0 Å². The molecule has 0 saturated heterocycles. The van der Waals surface area contributed by atoms with E-state index in [-0.39, 0.29) is 5.41 Å². The molecule has 174 valence electrons. The van der Waals surface area contributed by atoms with Gasteiger partial charge in [0.15, 0.2) is 0 Å². The highest BCUT2D eigenvalue weighted by atomic mass is 79.9. The van der Waals surface area contributed by atoms with Crippen molar-refractivity contribution in [3.63, 3.8) is 0 Å². The second kappa shape index (κ2) is 12.8. The standard InChI is InChI=1S/C25H33Br.C5H10Si/c1-3-5-7-11-17-25(18-12-8-6-4-2)23-14-10-9-13-21(23)22-16-15-20(26)19-24(22)25;1-5-6(2,3)4/h9-10,13-16,19H,3-8,11-12,17-18H2,1-2H3;1H,2-4H3. The molecule has 2 aromatic carbocycles. The van der Waals surface area contributed by atoms with E-state index in [0.717, 1.165) is 0 Å². The van der Waals surface area contributed by atoms with E-state index in [2.05, 4.69) is 97.4 Å². The van der Waals surface area contributed by atoms with Gasteiger partial charge in [0.2, 0.25) is 0 Å². The highest BCUT2D eigenvalue weighted by Gasteiger charge is 2.41. The molecule has 0 N–H and O–H groups in total. The lowest BCUT2D eigenvalue weighted by Gasteiger charge is -2.33. The Kier molecular flexibility index (Phi) is 10.8. The van der Waals surface area contributed by atoms with Crippen molar-refractivity contribution < 1.29 is 0 Å². The number of benzene rings is 2. The van der Waals surface area contributed by atoms with Gasteiger partial charge in [-0.25, -0.2) is 0 Å². The van der Waals surface area contributed by atoms with Gasteiger partial charge in [-0.05, 0) is 47.2 Å². The van der Waals surface area contributed by atoms with E-state index in [4.69, 9.17) is 6.42 Å². The van der Waals surface area contributed by atoms with E-state index in [1.165, 1.54) is 79.8 Å². The first-order chi connectivity index (χ1) is 15.3. The smallest absolute Gasteiger partial charge is 0.128 e. The summed E-state index contributed by atoms with van der Waals surface area (Å²) in [7, 11) is -1.10. The molecule has 0 fully saturated rings. The van der Waals surface area contributed by atoms with Gasteiger partial charge >= 0.3 is 0 Å². The van der Waals surface area contributed by atoms with E-state index < -0.39 is 8.07 Å². The maximum atomic E-state index is 5.12. The summed E-state index contributed by atoms with van der Waals surface area (Å²) in [6.45, 7) is 11.0. The number of hydrogen-bond acceptors (Lipinski definition) is 0. The Morgan fingerprint density at radius 1 is 0.781 bits per heavy atom. The molecule has 0 atom stereocenters. The van der Waals surface area contributed by atoms with Crippen LogP contribution < -0.4 is 0 Å². The molecular formula is C30H43BrSi. The van der Waals surface area contributed by atoms with Crippen LogP contribution in [0.5, 0.6) is 0 Å². The fraction of sp³-hybridized carbons (Fsp3) is 0.533. The zero-order valence-corrected chi connectivity index (χ0v) is 23.7. The minimum atomic E-state index is -1.10. The van der Waals surface area contributed by atoms with Gasteiger partial charge in [0, 0.05) is 9.89 Å². The Labute approximate surface area is 207 Å². The van der Waals surface area contributed by atoms with Crippen LogP contribution in [-0.4, -0.2) is 8.07 Å². The highest BCUT2D eigenvalue weighted by molar-refractivity contribution is 9.10. The summed E-state index contributed by atoms with van der Waals surface area (Å²) in [5, 5.41) is 0. The van der Waals surface area contributed by atoms with Crippen molar-refractivity contribution in [1.29, 1.82) is 0 Å². The zero-order valence-electron chi connectivity index (χ0n) is 21.1. The van der Waals surface area contributed by atoms with Crippen molar-refractivity contribution in [3.8, 4) is 23.1 Å². The fourth-order valence-corrected chi connectivity index (χ4v) is 5.16. The number of terminal acetylenes is 1. The maximum absolute atomic E-state index is 5.12. The number of rotatable bonds is 10. The molecule has 2 heteroatoms. The normalized spacial score (nSPS) is 13.5. The average Bonchev–Trinajstić information content (AvgIpc) is 3.04. The van der Waals surface area contributed by atoms with Crippen LogP contribution in [0.2, 0.25) is 19.6 Å². The Hall–Kier alpha value is -1.30. The van der Waals surface area contributed by atoms with Gasteiger partial charge in [-0.2, -0.15) is 0 Å². The predicted octanol–water partition coefficient (Wildman–Crippen LogP) is 10.2. The molecule has 0 unspecified atom stereocenters. The van der Waals surface area contributed by atoms with E-state index >= 15 is 0 Å². The SMILES string of the molecule is C#C[Si](C)(C)C.CCCCCCC1(CCCCCC)c2ccccc2-c2ccc(Br)cc21. The van der Waals surface area contributed by atoms with E-state index in [9.17, 15) is 0 Å². The first-order valence-electron chi connectivity index (χ1n) is 12.7. The van der Waals surface area contributed by atoms with Crippen LogP contribution in [0.15, 0.2) is 46.9 Å². The van der Waals surface area contributed by atoms with Gasteiger partial charge in [0.1, 0.15) is 8.07 Å². The lowest BCUT2D eigenvalue weighted by Crippen LogP contribution is -2.25. The van der Waals surface area contributed by atoms with Crippen LogP contribution in [0, 0.1) is 12.0 Å². The van der Waals surface area contributed by atoms with E-state index in [1.807, 2.05) is 0 Å². The highest BCUT2D eigenvalue weighted by Crippen LogP contribution is 2.54. The number of hydrogen-bond donors (Lipinski definition) is 0. The summed E-state index contributed by atoms with van der Waals surface area (Å²) >= 11 is 3.75. The molecule has 0 spiro atoms. The van der Waals surface area contributed by atoms with Gasteiger partial charge in [0.25, 0.3) is 0 Å². The predicted molar refractivity (Wildman–Crippen MR) is 150 cm³/mol. The Balaban J connectivity index is 0.000000534. The number of fused-ring (bicyclic) bond motifs is 3. The molecule has 0 amide bonds. The quantitative estimate of drug-likeness (QED) is 0.169. The van der Waals surface area contributed by atoms with Crippen LogP contribution in [0.25, 0.3) is 11.1 Å². The Morgan fingerprint density at radius 2 is 1.31 bits per heavy atom. The molecule has 0 saturated carbocycles. The Morgan fingerprint density at radius 3 is 1.84 bits per heavy atom. The van der Waals surface area contributed by atoms with E-state index in [0.29, 0.717) is 0 Å². The first-order valence-corrected chi connectivity index (χ1v) is 17.0. The second-order valence-corrected chi connectivity index (χ2v) is 16.0. The van der Waals surface area contributed by atoms with Crippen LogP contribution in [0.4, 0.5) is 0 Å². The van der Waals surface area contributed by atoms with Gasteiger partial charge in [-0.3, -0.25) is 0 Å². The van der Waals surface area contributed by atoms with Crippen molar-refractivity contribution >= 4 is 24.0 Å². The zero-order chi connectivity index (χ0) is 23.6. The largest absolute Gasteiger partial charge is 0.135 e. The van der Waals surface area contributed by atoms with Crippen LogP contribution in [-0.2, 0) is 5.41 Å². The molecule has 0 nitrogen and oxygen atoms in total. The molecule has 3 rings (SSSR count). The molecule has 1 aliphatic rings. The molecule has 0 heterocycles. The minimum absolute atomic E-state index is 0.219. The average molecular weight is 512 g/mol. The monoisotopic (exact) mass is 510 g/mol. The van der Waals surface area contributed by atoms with Crippen molar-refractivity contribution in [2.75, 3.05) is 0 Å². The third kappa shape index (κ3) is 7.10. The molecular weight excluding hydrogens is 468 g/mol.